The summed E-state index contributed by atoms with van der Waals surface area (Å²) < 4.78 is 52.6. The number of nitrogens with one attached hydrogen (secondary N) is 2. The van der Waals surface area contributed by atoms with Crippen LogP contribution in [0.25, 0.3) is 0 Å². The third-order valence-corrected chi connectivity index (χ3v) is 14.2. The lowest BCUT2D eigenvalue weighted by molar-refractivity contribution is -0.940. The van der Waals surface area contributed by atoms with Gasteiger partial charge < -0.3 is 38.6 Å². The van der Waals surface area contributed by atoms with Crippen LogP contribution in [-0.2, 0) is 81.4 Å². The zero-order valence-electron chi connectivity index (χ0n) is 48.0. The van der Waals surface area contributed by atoms with Crippen molar-refractivity contribution in [3.05, 3.63) is 107 Å². The molecule has 2 aliphatic rings. The molecule has 3 heterocycles. The highest BCUT2D eigenvalue weighted by atomic mass is 32.2. The van der Waals surface area contributed by atoms with E-state index >= 15 is 0 Å². The number of epoxide rings is 1. The maximum absolute atomic E-state index is 14.7. The summed E-state index contributed by atoms with van der Waals surface area (Å²) in [4.78, 5) is 84.8. The fourth-order valence-electron chi connectivity index (χ4n) is 9.85. The number of hydrogen-bond acceptors (Lipinski definition) is 15. The number of nitrogens with zero attached hydrogens (tertiary/aromatic N) is 4. The number of rotatable bonds is 32. The fourth-order valence-corrected chi connectivity index (χ4v) is 9.85. The Hall–Kier alpha value is -6.19. The number of amides is 2. The molecule has 20 heteroatoms. The van der Waals surface area contributed by atoms with Gasteiger partial charge in [-0.1, -0.05) is 113 Å². The van der Waals surface area contributed by atoms with Gasteiger partial charge in [-0.2, -0.15) is 0 Å². The summed E-state index contributed by atoms with van der Waals surface area (Å²) in [6.07, 6.45) is 6.95. The molecule has 2 fully saturated rings. The third-order valence-electron chi connectivity index (χ3n) is 14.2. The van der Waals surface area contributed by atoms with E-state index in [4.69, 9.17) is 31.9 Å². The molecule has 2 saturated heterocycles. The Bertz CT molecular complexity index is 2750. The molecule has 6 rings (SSSR count). The van der Waals surface area contributed by atoms with Crippen LogP contribution in [0, 0.1) is 23.7 Å². The van der Waals surface area contributed by atoms with E-state index in [1.165, 1.54) is 0 Å². The Morgan fingerprint density at radius 3 is 2.00 bits per heavy atom. The van der Waals surface area contributed by atoms with Gasteiger partial charge in [0.05, 0.1) is 48.2 Å². The molecule has 0 spiro atoms. The number of morpholine rings is 1. The standard InChI is InChI=1S/C59H80N6O10.CH4O3S/c1-8-9-12-21-55(68)75-53-25-23-45(33-54(53)73-39-48-36-64(7)63-62-48)37-65(26-28-72-29-27-65)38-49(66)34-46(24-22-43-17-13-10-14-18-43)57(70)60-50(30-41(2)3)52(67)35-47(32-44-19-15-11-16-20-44)58(71)61-51(31-42(4)5)56(69)59(6)40-74-59;1-5(2,3)4/h10-11,13-20,23,25,33,36,41-42,46-47,50-51H,8-9,12,21-22,24,26-32,34-35,37-40H2,1-7H3,(H-,60,61,70,71);1H3,(H,2,3,4)/t46-,47-,50+,51+,59-;/m1./s1. The molecule has 0 unspecified atom stereocenters. The summed E-state index contributed by atoms with van der Waals surface area (Å²) in [5.41, 5.74) is 2.41. The normalized spacial score (nSPS) is 17.2. The van der Waals surface area contributed by atoms with Crippen LogP contribution in [0.5, 0.6) is 11.5 Å². The summed E-state index contributed by atoms with van der Waals surface area (Å²) in [5.74, 6) is -2.50. The molecule has 2 aliphatic heterocycles. The van der Waals surface area contributed by atoms with Crippen molar-refractivity contribution in [1.29, 1.82) is 0 Å². The number of benzene rings is 3. The summed E-state index contributed by atoms with van der Waals surface area (Å²) in [6, 6.07) is 23.1. The molecule has 438 valence electrons. The van der Waals surface area contributed by atoms with E-state index in [0.29, 0.717) is 93.1 Å². The van der Waals surface area contributed by atoms with Crippen molar-refractivity contribution in [3.63, 3.8) is 0 Å². The molecule has 3 aromatic carbocycles. The molecule has 0 bridgehead atoms. The van der Waals surface area contributed by atoms with E-state index in [2.05, 4.69) is 27.9 Å². The van der Waals surface area contributed by atoms with Crippen LogP contribution in [0.4, 0.5) is 0 Å². The summed E-state index contributed by atoms with van der Waals surface area (Å²) >= 11 is 0. The number of quaternary nitrogens is 1. The number of aromatic nitrogens is 3. The molecule has 4 aromatic rings. The second kappa shape index (κ2) is 31.1. The van der Waals surface area contributed by atoms with E-state index in [9.17, 15) is 28.8 Å². The van der Waals surface area contributed by atoms with Crippen LogP contribution in [0.15, 0.2) is 85.1 Å². The van der Waals surface area contributed by atoms with Crippen molar-refractivity contribution in [2.45, 2.75) is 143 Å². The predicted molar refractivity (Wildman–Crippen MR) is 300 cm³/mol. The number of carbonyl (C=O) groups is 6. The lowest BCUT2D eigenvalue weighted by atomic mass is 9.87. The molecule has 0 saturated carbocycles. The minimum absolute atomic E-state index is 0.00731. The minimum Gasteiger partial charge on any atom is -0.748 e. The molecule has 0 aliphatic carbocycles. The molecular weight excluding hydrogens is 1040 g/mol. The van der Waals surface area contributed by atoms with Gasteiger partial charge in [0, 0.05) is 50.0 Å². The number of esters is 1. The van der Waals surface area contributed by atoms with Gasteiger partial charge in [0.15, 0.2) is 28.8 Å². The van der Waals surface area contributed by atoms with E-state index in [0.717, 1.165) is 36.0 Å². The van der Waals surface area contributed by atoms with Crippen molar-refractivity contribution < 1.29 is 65.2 Å². The Labute approximate surface area is 472 Å². The molecule has 5 atom stereocenters. The smallest absolute Gasteiger partial charge is 0.311 e. The first-order chi connectivity index (χ1) is 37.9. The summed E-state index contributed by atoms with van der Waals surface area (Å²) in [5, 5.41) is 14.3. The molecule has 2 N–H and O–H groups in total. The lowest BCUT2D eigenvalue weighted by Crippen LogP contribution is -2.57. The van der Waals surface area contributed by atoms with Gasteiger partial charge in [0.2, 0.25) is 11.8 Å². The summed E-state index contributed by atoms with van der Waals surface area (Å²) in [6.45, 7) is 14.7. The van der Waals surface area contributed by atoms with E-state index in [-0.39, 0.29) is 79.9 Å². The Morgan fingerprint density at radius 1 is 0.812 bits per heavy atom. The SMILES string of the molecule is CCCCCC(=O)Oc1ccc(C[N+]2(CC(=O)C[C@@H](CCc3ccccc3)C(=O)N[C@@H](CC(C)C)C(=O)C[C@@H](Cc3ccccc3)C(=O)N[C@@H](CC(C)C)C(=O)[C@@]3(C)CO3)CCOCC2)cc1OCc1cn(C)nn1.CS(=O)(=O)[O-]. The summed E-state index contributed by atoms with van der Waals surface area (Å²) in [7, 11) is -2.15. The molecule has 0 radical (unpaired) electrons. The third kappa shape index (κ3) is 22.7. The lowest BCUT2D eigenvalue weighted by Gasteiger charge is -2.41. The first-order valence-corrected chi connectivity index (χ1v) is 29.8. The van der Waals surface area contributed by atoms with Crippen molar-refractivity contribution in [1.82, 2.24) is 25.6 Å². The van der Waals surface area contributed by atoms with Crippen molar-refractivity contribution in [2.24, 2.45) is 30.7 Å². The van der Waals surface area contributed by atoms with E-state index in [1.807, 2.05) is 100 Å². The minimum atomic E-state index is -3.92. The number of Topliss-reactive ketones (excluding diaryl/α,β-unsaturated/α-hetero) is 3. The molecule has 2 amide bonds. The average Bonchev–Trinajstić information content (AvgIpc) is 4.03. The number of unbranched alkanes of at least 4 members (excludes halogenated alkanes) is 2. The van der Waals surface area contributed by atoms with Crippen LogP contribution >= 0.6 is 0 Å². The van der Waals surface area contributed by atoms with Crippen LogP contribution in [-0.4, -0.2) is 131 Å². The zero-order valence-corrected chi connectivity index (χ0v) is 48.8. The van der Waals surface area contributed by atoms with Gasteiger partial charge >= 0.3 is 5.97 Å². The highest BCUT2D eigenvalue weighted by Crippen LogP contribution is 2.33. The highest BCUT2D eigenvalue weighted by Gasteiger charge is 2.50. The first kappa shape index (κ1) is 64.6. The largest absolute Gasteiger partial charge is 0.748 e. The number of aryl methyl sites for hydroxylation is 2. The fraction of sp³-hybridized carbons (Fsp3) is 0.567. The van der Waals surface area contributed by atoms with E-state index < -0.39 is 45.5 Å². The second-order valence-electron chi connectivity index (χ2n) is 22.6. The molecule has 19 nitrogen and oxygen atoms in total. The zero-order chi connectivity index (χ0) is 58.5. The van der Waals surface area contributed by atoms with Crippen molar-refractivity contribution in [3.8, 4) is 11.5 Å². The van der Waals surface area contributed by atoms with Gasteiger partial charge in [-0.15, -0.1) is 5.10 Å². The Balaban J connectivity index is 0.00000225. The predicted octanol–water partition coefficient (Wildman–Crippen LogP) is 6.83. The number of ether oxygens (including phenoxy) is 4. The van der Waals surface area contributed by atoms with Gasteiger partial charge in [0.1, 0.15) is 44.1 Å². The Kier molecular flexibility index (Phi) is 25.2. The van der Waals surface area contributed by atoms with Crippen LogP contribution in [0.1, 0.15) is 122 Å². The van der Waals surface area contributed by atoms with Crippen molar-refractivity contribution >= 4 is 45.3 Å². The monoisotopic (exact) mass is 1130 g/mol. The highest BCUT2D eigenvalue weighted by molar-refractivity contribution is 7.84. The van der Waals surface area contributed by atoms with Gasteiger partial charge in [-0.3, -0.25) is 33.4 Å². The van der Waals surface area contributed by atoms with Gasteiger partial charge in [0.25, 0.3) is 0 Å². The maximum Gasteiger partial charge on any atom is 0.311 e. The van der Waals surface area contributed by atoms with Gasteiger partial charge in [-0.05, 0) is 86.6 Å². The Morgan fingerprint density at radius 2 is 1.41 bits per heavy atom. The topological polar surface area (TPSA) is 255 Å². The second-order valence-corrected chi connectivity index (χ2v) is 24.0. The van der Waals surface area contributed by atoms with Crippen LogP contribution < -0.4 is 20.1 Å². The quantitative estimate of drug-likeness (QED) is 0.0127. The average molecular weight is 1130 g/mol. The van der Waals surface area contributed by atoms with Crippen molar-refractivity contribution in [2.75, 3.05) is 45.7 Å². The maximum atomic E-state index is 14.7. The molecular formula is C60H84N6O13S. The molecule has 1 aromatic heterocycles. The number of ketones is 3. The molecule has 80 heavy (non-hydrogen) atoms. The van der Waals surface area contributed by atoms with Crippen LogP contribution in [0.2, 0.25) is 0 Å². The number of hydrogen-bond donors (Lipinski definition) is 2. The van der Waals surface area contributed by atoms with E-state index in [1.54, 1.807) is 30.9 Å². The number of carbonyl (C=O) groups excluding carboxylic acids is 6. The van der Waals surface area contributed by atoms with Crippen LogP contribution in [0.3, 0.4) is 0 Å². The first-order valence-electron chi connectivity index (χ1n) is 28.0. The van der Waals surface area contributed by atoms with Gasteiger partial charge in [-0.25, -0.2) is 8.42 Å².